The molecular formula is C15H23ClN2O2. The van der Waals surface area contributed by atoms with E-state index in [0.29, 0.717) is 6.54 Å². The van der Waals surface area contributed by atoms with E-state index in [4.69, 9.17) is 4.74 Å². The molecule has 1 saturated heterocycles. The maximum atomic E-state index is 12.3. The Hall–Kier alpha value is -1.26. The predicted molar refractivity (Wildman–Crippen MR) is 82.3 cm³/mol. The van der Waals surface area contributed by atoms with Crippen molar-refractivity contribution in [3.8, 4) is 5.75 Å². The number of rotatable bonds is 4. The zero-order valence-electron chi connectivity index (χ0n) is 12.1. The molecule has 1 atom stereocenters. The van der Waals surface area contributed by atoms with Gasteiger partial charge in [-0.2, -0.15) is 0 Å². The predicted octanol–water partition coefficient (Wildman–Crippen LogP) is 2.07. The van der Waals surface area contributed by atoms with Crippen molar-refractivity contribution in [2.75, 3.05) is 27.2 Å². The molecule has 1 N–H and O–H groups in total. The number of carbonyl (C=O) groups excluding carboxylic acids is 1. The fourth-order valence-electron chi connectivity index (χ4n) is 2.46. The quantitative estimate of drug-likeness (QED) is 0.925. The fourth-order valence-corrected chi connectivity index (χ4v) is 2.46. The number of amides is 1. The summed E-state index contributed by atoms with van der Waals surface area (Å²) < 4.78 is 5.13. The lowest BCUT2D eigenvalue weighted by molar-refractivity contribution is -0.135. The number of piperidine rings is 1. The van der Waals surface area contributed by atoms with Crippen LogP contribution < -0.4 is 10.1 Å². The number of carbonyl (C=O) groups is 1. The zero-order valence-corrected chi connectivity index (χ0v) is 12.9. The molecule has 1 aliphatic heterocycles. The van der Waals surface area contributed by atoms with Gasteiger partial charge < -0.3 is 15.0 Å². The molecule has 4 nitrogen and oxygen atoms in total. The molecule has 1 aromatic carbocycles. The van der Waals surface area contributed by atoms with Gasteiger partial charge in [-0.3, -0.25) is 4.79 Å². The minimum absolute atomic E-state index is 0. The Morgan fingerprint density at radius 1 is 1.40 bits per heavy atom. The molecule has 5 heteroatoms. The van der Waals surface area contributed by atoms with E-state index in [-0.39, 0.29) is 24.2 Å². The van der Waals surface area contributed by atoms with Crippen molar-refractivity contribution in [3.05, 3.63) is 29.8 Å². The summed E-state index contributed by atoms with van der Waals surface area (Å²) in [6.07, 6.45) is 2.09. The summed E-state index contributed by atoms with van der Waals surface area (Å²) in [6, 6.07) is 7.86. The van der Waals surface area contributed by atoms with Crippen LogP contribution in [0.4, 0.5) is 0 Å². The van der Waals surface area contributed by atoms with Crippen molar-refractivity contribution in [2.45, 2.75) is 19.4 Å². The summed E-state index contributed by atoms with van der Waals surface area (Å²) in [5, 5.41) is 3.29. The van der Waals surface area contributed by atoms with Gasteiger partial charge in [0.15, 0.2) is 0 Å². The fraction of sp³-hybridized carbons (Fsp3) is 0.533. The van der Waals surface area contributed by atoms with Gasteiger partial charge in [-0.1, -0.05) is 12.1 Å². The third-order valence-electron chi connectivity index (χ3n) is 3.60. The molecule has 112 valence electrons. The van der Waals surface area contributed by atoms with Crippen molar-refractivity contribution in [2.24, 2.45) is 5.92 Å². The van der Waals surface area contributed by atoms with Crippen LogP contribution in [0.5, 0.6) is 5.75 Å². The molecule has 1 aromatic rings. The highest BCUT2D eigenvalue weighted by Crippen LogP contribution is 2.16. The second-order valence-electron chi connectivity index (χ2n) is 5.09. The largest absolute Gasteiger partial charge is 0.497 e. The number of hydrogen-bond acceptors (Lipinski definition) is 3. The van der Waals surface area contributed by atoms with Crippen LogP contribution in [-0.2, 0) is 11.3 Å². The maximum Gasteiger partial charge on any atom is 0.227 e. The number of benzene rings is 1. The van der Waals surface area contributed by atoms with Crippen molar-refractivity contribution >= 4 is 18.3 Å². The van der Waals surface area contributed by atoms with Crippen LogP contribution in [-0.4, -0.2) is 38.1 Å². The number of nitrogens with zero attached hydrogens (tertiary/aromatic N) is 1. The first kappa shape index (κ1) is 16.8. The average Bonchev–Trinajstić information content (AvgIpc) is 2.48. The highest BCUT2D eigenvalue weighted by molar-refractivity contribution is 5.85. The first-order valence-electron chi connectivity index (χ1n) is 6.79. The van der Waals surface area contributed by atoms with Crippen molar-refractivity contribution < 1.29 is 9.53 Å². The van der Waals surface area contributed by atoms with Gasteiger partial charge in [0.05, 0.1) is 13.0 Å². The number of halogens is 1. The molecule has 0 unspecified atom stereocenters. The first-order valence-corrected chi connectivity index (χ1v) is 6.79. The van der Waals surface area contributed by atoms with Crippen molar-refractivity contribution in [3.63, 3.8) is 0 Å². The average molecular weight is 299 g/mol. The third-order valence-corrected chi connectivity index (χ3v) is 3.60. The Kier molecular flexibility index (Phi) is 6.82. The number of hydrogen-bond donors (Lipinski definition) is 1. The van der Waals surface area contributed by atoms with E-state index in [9.17, 15) is 4.79 Å². The molecule has 1 heterocycles. The maximum absolute atomic E-state index is 12.3. The molecule has 0 bridgehead atoms. The Labute approximate surface area is 126 Å². The Bertz CT molecular complexity index is 416. The van der Waals surface area contributed by atoms with Gasteiger partial charge in [-0.25, -0.2) is 0 Å². The van der Waals surface area contributed by atoms with Gasteiger partial charge in [-0.05, 0) is 37.1 Å². The summed E-state index contributed by atoms with van der Waals surface area (Å²) in [5.74, 6) is 1.22. The molecule has 1 aliphatic rings. The molecule has 0 radical (unpaired) electrons. The van der Waals surface area contributed by atoms with Crippen LogP contribution in [0.3, 0.4) is 0 Å². The highest BCUT2D eigenvalue weighted by atomic mass is 35.5. The number of nitrogens with one attached hydrogen (secondary N) is 1. The SMILES string of the molecule is COc1ccc(CN(C)C(=O)[C@@H]2CCCNC2)cc1.Cl. The summed E-state index contributed by atoms with van der Waals surface area (Å²) in [4.78, 5) is 14.1. The highest BCUT2D eigenvalue weighted by Gasteiger charge is 2.23. The Balaban J connectivity index is 0.00000200. The topological polar surface area (TPSA) is 41.6 Å². The normalized spacial score (nSPS) is 18.0. The van der Waals surface area contributed by atoms with E-state index in [0.717, 1.165) is 37.2 Å². The van der Waals surface area contributed by atoms with Gasteiger partial charge in [-0.15, -0.1) is 12.4 Å². The molecule has 0 aromatic heterocycles. The molecule has 1 amide bonds. The monoisotopic (exact) mass is 298 g/mol. The summed E-state index contributed by atoms with van der Waals surface area (Å²) in [6.45, 7) is 2.50. The summed E-state index contributed by atoms with van der Waals surface area (Å²) in [5.41, 5.74) is 1.13. The molecule has 0 spiro atoms. The first-order chi connectivity index (χ1) is 9.20. The lowest BCUT2D eigenvalue weighted by Crippen LogP contribution is -2.41. The van der Waals surface area contributed by atoms with E-state index >= 15 is 0 Å². The van der Waals surface area contributed by atoms with Crippen LogP contribution in [0.15, 0.2) is 24.3 Å². The number of ether oxygens (including phenoxy) is 1. The van der Waals surface area contributed by atoms with E-state index in [1.54, 1.807) is 7.11 Å². The van der Waals surface area contributed by atoms with Gasteiger partial charge in [0.2, 0.25) is 5.91 Å². The Morgan fingerprint density at radius 3 is 2.65 bits per heavy atom. The van der Waals surface area contributed by atoms with E-state index in [1.165, 1.54) is 0 Å². The molecule has 0 saturated carbocycles. The minimum Gasteiger partial charge on any atom is -0.497 e. The molecular weight excluding hydrogens is 276 g/mol. The van der Waals surface area contributed by atoms with Gasteiger partial charge in [0, 0.05) is 20.1 Å². The molecule has 0 aliphatic carbocycles. The summed E-state index contributed by atoms with van der Waals surface area (Å²) in [7, 11) is 3.53. The van der Waals surface area contributed by atoms with Crippen LogP contribution in [0.2, 0.25) is 0 Å². The standard InChI is InChI=1S/C15H22N2O2.ClH/c1-17(15(18)13-4-3-9-16-10-13)11-12-5-7-14(19-2)8-6-12;/h5-8,13,16H,3-4,9-11H2,1-2H3;1H/t13-;/m1./s1. The zero-order chi connectivity index (χ0) is 13.7. The molecule has 20 heavy (non-hydrogen) atoms. The van der Waals surface area contributed by atoms with Gasteiger partial charge in [0.1, 0.15) is 5.75 Å². The molecule has 2 rings (SSSR count). The van der Waals surface area contributed by atoms with Gasteiger partial charge >= 0.3 is 0 Å². The third kappa shape index (κ3) is 4.39. The van der Waals surface area contributed by atoms with Crippen LogP contribution in [0, 0.1) is 5.92 Å². The van der Waals surface area contributed by atoms with Crippen molar-refractivity contribution in [1.29, 1.82) is 0 Å². The van der Waals surface area contributed by atoms with Gasteiger partial charge in [0.25, 0.3) is 0 Å². The van der Waals surface area contributed by atoms with Crippen molar-refractivity contribution in [1.82, 2.24) is 10.2 Å². The number of methoxy groups -OCH3 is 1. The van der Waals surface area contributed by atoms with Crippen LogP contribution in [0.1, 0.15) is 18.4 Å². The van der Waals surface area contributed by atoms with Crippen LogP contribution >= 0.6 is 12.4 Å². The smallest absolute Gasteiger partial charge is 0.227 e. The minimum atomic E-state index is 0. The van der Waals surface area contributed by atoms with E-state index in [2.05, 4.69) is 5.32 Å². The summed E-state index contributed by atoms with van der Waals surface area (Å²) >= 11 is 0. The lowest BCUT2D eigenvalue weighted by atomic mass is 9.98. The molecule has 1 fully saturated rings. The van der Waals surface area contributed by atoms with Crippen LogP contribution in [0.25, 0.3) is 0 Å². The van der Waals surface area contributed by atoms with E-state index < -0.39 is 0 Å². The lowest BCUT2D eigenvalue weighted by Gasteiger charge is -2.27. The second kappa shape index (κ2) is 8.12. The van der Waals surface area contributed by atoms with E-state index in [1.807, 2.05) is 36.2 Å². The Morgan fingerprint density at radius 2 is 2.10 bits per heavy atom. The second-order valence-corrected chi connectivity index (χ2v) is 5.09.